The molecule has 0 N–H and O–H groups in total. The Balaban J connectivity index is 1.45. The fourth-order valence-electron chi connectivity index (χ4n) is 2.32. The second-order valence-electron chi connectivity index (χ2n) is 5.19. The van der Waals surface area contributed by atoms with E-state index < -0.39 is 0 Å². The molecule has 4 heteroatoms. The Hall–Kier alpha value is -1.88. The summed E-state index contributed by atoms with van der Waals surface area (Å²) in [5.41, 5.74) is 2.14. The highest BCUT2D eigenvalue weighted by atomic mass is 16.7. The minimum Gasteiger partial charge on any atom is -0.497 e. The van der Waals surface area contributed by atoms with Crippen molar-refractivity contribution in [2.45, 2.75) is 19.0 Å². The largest absolute Gasteiger partial charge is 0.497 e. The van der Waals surface area contributed by atoms with Crippen LogP contribution in [0.5, 0.6) is 5.75 Å². The third-order valence-corrected chi connectivity index (χ3v) is 3.58. The first-order valence-corrected chi connectivity index (χ1v) is 7.38. The van der Waals surface area contributed by atoms with Gasteiger partial charge in [0.05, 0.1) is 26.9 Å². The van der Waals surface area contributed by atoms with Crippen LogP contribution in [0.1, 0.15) is 17.4 Å². The zero-order valence-corrected chi connectivity index (χ0v) is 12.6. The SMILES string of the molecule is COc1ccc(COC2COC(c3ccccc3)OC2)cc1. The van der Waals surface area contributed by atoms with Gasteiger partial charge in [-0.05, 0) is 17.7 Å². The van der Waals surface area contributed by atoms with Gasteiger partial charge in [-0.2, -0.15) is 0 Å². The molecule has 0 spiro atoms. The lowest BCUT2D eigenvalue weighted by atomic mass is 10.2. The maximum atomic E-state index is 5.84. The Labute approximate surface area is 130 Å². The number of ether oxygens (including phenoxy) is 4. The number of hydrogen-bond donors (Lipinski definition) is 0. The molecule has 0 aliphatic carbocycles. The summed E-state index contributed by atoms with van der Waals surface area (Å²) in [4.78, 5) is 0. The highest BCUT2D eigenvalue weighted by Gasteiger charge is 2.23. The van der Waals surface area contributed by atoms with E-state index in [4.69, 9.17) is 18.9 Å². The molecule has 0 aromatic heterocycles. The predicted octanol–water partition coefficient (Wildman–Crippen LogP) is 3.33. The van der Waals surface area contributed by atoms with Crippen molar-refractivity contribution in [3.63, 3.8) is 0 Å². The lowest BCUT2D eigenvalue weighted by Gasteiger charge is -2.29. The maximum absolute atomic E-state index is 5.84. The minimum atomic E-state index is -0.290. The van der Waals surface area contributed by atoms with Gasteiger partial charge in [-0.15, -0.1) is 0 Å². The van der Waals surface area contributed by atoms with Gasteiger partial charge in [0.25, 0.3) is 0 Å². The highest BCUT2D eigenvalue weighted by molar-refractivity contribution is 5.26. The Morgan fingerprint density at radius 1 is 0.955 bits per heavy atom. The zero-order chi connectivity index (χ0) is 15.2. The molecule has 116 valence electrons. The number of benzene rings is 2. The van der Waals surface area contributed by atoms with Gasteiger partial charge in [-0.1, -0.05) is 42.5 Å². The van der Waals surface area contributed by atoms with Crippen LogP contribution in [0, 0.1) is 0 Å². The van der Waals surface area contributed by atoms with Crippen LogP contribution in [-0.2, 0) is 20.8 Å². The molecule has 0 unspecified atom stereocenters. The molecule has 2 aromatic rings. The van der Waals surface area contributed by atoms with Gasteiger partial charge in [-0.3, -0.25) is 0 Å². The van der Waals surface area contributed by atoms with Crippen LogP contribution in [0.25, 0.3) is 0 Å². The molecule has 1 heterocycles. The van der Waals surface area contributed by atoms with Gasteiger partial charge < -0.3 is 18.9 Å². The van der Waals surface area contributed by atoms with Crippen LogP contribution in [0.3, 0.4) is 0 Å². The fourth-order valence-corrected chi connectivity index (χ4v) is 2.32. The molecule has 0 atom stereocenters. The van der Waals surface area contributed by atoms with Crippen molar-refractivity contribution in [1.29, 1.82) is 0 Å². The van der Waals surface area contributed by atoms with Gasteiger partial charge in [0, 0.05) is 5.56 Å². The van der Waals surface area contributed by atoms with Gasteiger partial charge in [0.2, 0.25) is 0 Å². The molecule has 3 rings (SSSR count). The summed E-state index contributed by atoms with van der Waals surface area (Å²) in [5.74, 6) is 0.846. The summed E-state index contributed by atoms with van der Waals surface area (Å²) in [5, 5.41) is 0. The first-order chi connectivity index (χ1) is 10.8. The van der Waals surface area contributed by atoms with E-state index in [0.29, 0.717) is 19.8 Å². The van der Waals surface area contributed by atoms with Crippen LogP contribution >= 0.6 is 0 Å². The van der Waals surface area contributed by atoms with E-state index in [9.17, 15) is 0 Å². The molecule has 2 aromatic carbocycles. The van der Waals surface area contributed by atoms with Crippen molar-refractivity contribution in [2.24, 2.45) is 0 Å². The van der Waals surface area contributed by atoms with Crippen molar-refractivity contribution in [1.82, 2.24) is 0 Å². The van der Waals surface area contributed by atoms with Crippen LogP contribution in [-0.4, -0.2) is 26.4 Å². The van der Waals surface area contributed by atoms with Crippen molar-refractivity contribution in [3.8, 4) is 5.75 Å². The summed E-state index contributed by atoms with van der Waals surface area (Å²) in [6.45, 7) is 1.61. The summed E-state index contributed by atoms with van der Waals surface area (Å²) in [6, 6.07) is 17.8. The molecular weight excluding hydrogens is 280 g/mol. The Morgan fingerprint density at radius 3 is 2.27 bits per heavy atom. The van der Waals surface area contributed by atoms with Crippen molar-refractivity contribution < 1.29 is 18.9 Å². The molecule has 0 bridgehead atoms. The second kappa shape index (κ2) is 7.40. The van der Waals surface area contributed by atoms with Crippen molar-refractivity contribution in [2.75, 3.05) is 20.3 Å². The molecule has 0 radical (unpaired) electrons. The van der Waals surface area contributed by atoms with Crippen LogP contribution in [0.15, 0.2) is 54.6 Å². The summed E-state index contributed by atoms with van der Waals surface area (Å²) in [7, 11) is 1.66. The Kier molecular flexibility index (Phi) is 5.06. The molecular formula is C18H20O4. The molecule has 1 aliphatic rings. The minimum absolute atomic E-state index is 0.0398. The van der Waals surface area contributed by atoms with Crippen LogP contribution in [0.2, 0.25) is 0 Å². The molecule has 0 saturated carbocycles. The summed E-state index contributed by atoms with van der Waals surface area (Å²) in [6.07, 6.45) is -0.330. The molecule has 1 fully saturated rings. The molecule has 0 amide bonds. The molecule has 22 heavy (non-hydrogen) atoms. The van der Waals surface area contributed by atoms with Gasteiger partial charge in [0.1, 0.15) is 11.9 Å². The monoisotopic (exact) mass is 300 g/mol. The average Bonchev–Trinajstić information content (AvgIpc) is 2.61. The lowest BCUT2D eigenvalue weighted by Crippen LogP contribution is -2.33. The van der Waals surface area contributed by atoms with E-state index in [2.05, 4.69) is 0 Å². The van der Waals surface area contributed by atoms with Crippen molar-refractivity contribution in [3.05, 3.63) is 65.7 Å². The number of methoxy groups -OCH3 is 1. The average molecular weight is 300 g/mol. The highest BCUT2D eigenvalue weighted by Crippen LogP contribution is 2.24. The van der Waals surface area contributed by atoms with E-state index >= 15 is 0 Å². The number of rotatable bonds is 5. The lowest BCUT2D eigenvalue weighted by molar-refractivity contribution is -0.232. The Bertz CT molecular complexity index is 559. The number of hydrogen-bond acceptors (Lipinski definition) is 4. The first kappa shape index (κ1) is 15.0. The van der Waals surface area contributed by atoms with E-state index in [1.54, 1.807) is 7.11 Å². The fraction of sp³-hybridized carbons (Fsp3) is 0.333. The summed E-state index contributed by atoms with van der Waals surface area (Å²) < 4.78 is 22.4. The zero-order valence-electron chi connectivity index (χ0n) is 12.6. The smallest absolute Gasteiger partial charge is 0.184 e. The van der Waals surface area contributed by atoms with Crippen LogP contribution < -0.4 is 4.74 Å². The van der Waals surface area contributed by atoms with E-state index in [0.717, 1.165) is 16.9 Å². The van der Waals surface area contributed by atoms with E-state index in [-0.39, 0.29) is 12.4 Å². The molecule has 1 aliphatic heterocycles. The standard InChI is InChI=1S/C18H20O4/c1-19-16-9-7-14(8-10-16)11-20-17-12-21-18(22-13-17)15-5-3-2-4-6-15/h2-10,17-18H,11-13H2,1H3. The second-order valence-corrected chi connectivity index (χ2v) is 5.19. The first-order valence-electron chi connectivity index (χ1n) is 7.38. The van der Waals surface area contributed by atoms with E-state index in [1.165, 1.54) is 0 Å². The normalized spacial score (nSPS) is 21.5. The third kappa shape index (κ3) is 3.85. The van der Waals surface area contributed by atoms with Gasteiger partial charge >= 0.3 is 0 Å². The maximum Gasteiger partial charge on any atom is 0.184 e. The Morgan fingerprint density at radius 2 is 1.64 bits per heavy atom. The predicted molar refractivity (Wildman–Crippen MR) is 82.7 cm³/mol. The van der Waals surface area contributed by atoms with Gasteiger partial charge in [-0.25, -0.2) is 0 Å². The topological polar surface area (TPSA) is 36.9 Å². The third-order valence-electron chi connectivity index (χ3n) is 3.58. The summed E-state index contributed by atoms with van der Waals surface area (Å²) >= 11 is 0. The molecule has 1 saturated heterocycles. The quantitative estimate of drug-likeness (QED) is 0.849. The molecule has 4 nitrogen and oxygen atoms in total. The van der Waals surface area contributed by atoms with Crippen LogP contribution in [0.4, 0.5) is 0 Å². The van der Waals surface area contributed by atoms with Gasteiger partial charge in [0.15, 0.2) is 6.29 Å². The van der Waals surface area contributed by atoms with Crippen molar-refractivity contribution >= 4 is 0 Å². The van der Waals surface area contributed by atoms with E-state index in [1.807, 2.05) is 54.6 Å².